The first-order chi connectivity index (χ1) is 14.5. The molecule has 0 radical (unpaired) electrons. The van der Waals surface area contributed by atoms with E-state index in [-0.39, 0.29) is 11.9 Å². The summed E-state index contributed by atoms with van der Waals surface area (Å²) in [5, 5.41) is 3.02. The Morgan fingerprint density at radius 1 is 1.27 bits per heavy atom. The van der Waals surface area contributed by atoms with Gasteiger partial charge >= 0.3 is 0 Å². The molecule has 162 valence electrons. The van der Waals surface area contributed by atoms with Gasteiger partial charge in [0, 0.05) is 37.4 Å². The molecule has 5 heteroatoms. The van der Waals surface area contributed by atoms with E-state index in [0.717, 1.165) is 55.6 Å². The number of aryl methyl sites for hydroxylation is 1. The van der Waals surface area contributed by atoms with E-state index in [4.69, 9.17) is 0 Å². The molecule has 1 amide bonds. The molecule has 3 rings (SSSR count). The van der Waals surface area contributed by atoms with Crippen molar-refractivity contribution in [2.24, 2.45) is 5.92 Å². The highest BCUT2D eigenvalue weighted by Crippen LogP contribution is 2.25. The average Bonchev–Trinajstić information content (AvgIpc) is 3.03. The Kier molecular flexibility index (Phi) is 7.72. The number of carbonyl (C=O) groups is 1. The first-order valence-corrected chi connectivity index (χ1v) is 11.3. The maximum Gasteiger partial charge on any atom is 0.220 e. The number of likely N-dealkylation sites (tertiary alicyclic amines) is 1. The van der Waals surface area contributed by atoms with Crippen LogP contribution in [0.5, 0.6) is 0 Å². The molecule has 1 N–H and O–H groups in total. The number of carbonyl (C=O) groups excluding carboxylic acids is 1. The number of amides is 1. The minimum absolute atomic E-state index is 0.188. The summed E-state index contributed by atoms with van der Waals surface area (Å²) in [4.78, 5) is 19.2. The Balaban J connectivity index is 1.68. The number of nitrogens with zero attached hydrogens (tertiary/aromatic N) is 3. The second kappa shape index (κ2) is 10.5. The van der Waals surface area contributed by atoms with Crippen LogP contribution in [0.2, 0.25) is 0 Å². The van der Waals surface area contributed by atoms with Gasteiger partial charge in [0.15, 0.2) is 0 Å². The zero-order valence-electron chi connectivity index (χ0n) is 18.9. The van der Waals surface area contributed by atoms with Crippen LogP contribution in [-0.2, 0) is 4.79 Å². The van der Waals surface area contributed by atoms with E-state index in [1.54, 1.807) is 0 Å². The lowest BCUT2D eigenvalue weighted by Crippen LogP contribution is -2.36. The standard InChI is InChI=1S/C25H36N4O/c1-5-6-9-22(14-17-29-20(4)27-23-10-7-8-11-24(23)29)28-15-12-21(13-16-28)18-25(30)26-19(2)3/h7-11,14,17,19,21H,5-6,12-13,15-16,18H2,1-4H3,(H,26,30)/b17-14-,22-9-. The first kappa shape index (κ1) is 22.1. The fraction of sp³-hybridized carbons (Fsp3) is 0.520. The van der Waals surface area contributed by atoms with Crippen LogP contribution in [0.3, 0.4) is 0 Å². The van der Waals surface area contributed by atoms with E-state index in [9.17, 15) is 4.79 Å². The van der Waals surface area contributed by atoms with Gasteiger partial charge in [0.1, 0.15) is 5.82 Å². The predicted molar refractivity (Wildman–Crippen MR) is 125 cm³/mol. The van der Waals surface area contributed by atoms with E-state index in [2.05, 4.69) is 63.2 Å². The molecule has 5 nitrogen and oxygen atoms in total. The molecular formula is C25H36N4O. The van der Waals surface area contributed by atoms with Crippen molar-refractivity contribution in [1.82, 2.24) is 19.8 Å². The highest BCUT2D eigenvalue weighted by atomic mass is 16.1. The normalized spacial score (nSPS) is 16.2. The molecule has 0 bridgehead atoms. The zero-order chi connectivity index (χ0) is 21.5. The molecule has 30 heavy (non-hydrogen) atoms. The van der Waals surface area contributed by atoms with Gasteiger partial charge in [0.2, 0.25) is 5.91 Å². The Labute approximate surface area is 180 Å². The third-order valence-corrected chi connectivity index (χ3v) is 5.71. The number of hydrogen-bond acceptors (Lipinski definition) is 3. The molecular weight excluding hydrogens is 372 g/mol. The molecule has 1 saturated heterocycles. The van der Waals surface area contributed by atoms with Crippen LogP contribution < -0.4 is 5.32 Å². The second-order valence-electron chi connectivity index (χ2n) is 8.61. The average molecular weight is 409 g/mol. The first-order valence-electron chi connectivity index (χ1n) is 11.3. The van der Waals surface area contributed by atoms with Crippen molar-refractivity contribution in [1.29, 1.82) is 0 Å². The second-order valence-corrected chi connectivity index (χ2v) is 8.61. The van der Waals surface area contributed by atoms with Crippen LogP contribution in [0.4, 0.5) is 0 Å². The van der Waals surface area contributed by atoms with E-state index >= 15 is 0 Å². The maximum atomic E-state index is 12.1. The molecule has 1 aromatic heterocycles. The van der Waals surface area contributed by atoms with E-state index in [1.807, 2.05) is 26.8 Å². The predicted octanol–water partition coefficient (Wildman–Crippen LogP) is 5.13. The van der Waals surface area contributed by atoms with Crippen molar-refractivity contribution >= 4 is 23.1 Å². The van der Waals surface area contributed by atoms with Gasteiger partial charge in [-0.25, -0.2) is 4.98 Å². The van der Waals surface area contributed by atoms with Gasteiger partial charge in [-0.05, 0) is 64.2 Å². The SMILES string of the molecule is CCC/C=C(/C=C\n1c(C)nc2ccccc21)N1CCC(CC(=O)NC(C)C)CC1. The van der Waals surface area contributed by atoms with Gasteiger partial charge in [-0.3, -0.25) is 4.79 Å². The van der Waals surface area contributed by atoms with Crippen LogP contribution in [0.25, 0.3) is 17.2 Å². The van der Waals surface area contributed by atoms with Crippen molar-refractivity contribution in [2.45, 2.75) is 65.8 Å². The van der Waals surface area contributed by atoms with Crippen LogP contribution in [-0.4, -0.2) is 39.5 Å². The molecule has 0 spiro atoms. The zero-order valence-corrected chi connectivity index (χ0v) is 18.9. The summed E-state index contributed by atoms with van der Waals surface area (Å²) in [5.41, 5.74) is 3.44. The fourth-order valence-corrected chi connectivity index (χ4v) is 4.14. The molecule has 0 unspecified atom stereocenters. The molecule has 1 fully saturated rings. The van der Waals surface area contributed by atoms with Crippen LogP contribution in [0.15, 0.2) is 42.1 Å². The number of nitrogens with one attached hydrogen (secondary N) is 1. The summed E-state index contributed by atoms with van der Waals surface area (Å²) in [6, 6.07) is 8.47. The van der Waals surface area contributed by atoms with E-state index in [0.29, 0.717) is 12.3 Å². The van der Waals surface area contributed by atoms with Crippen LogP contribution in [0.1, 0.15) is 58.7 Å². The summed E-state index contributed by atoms with van der Waals surface area (Å²) >= 11 is 0. The Morgan fingerprint density at radius 3 is 2.70 bits per heavy atom. The Bertz CT molecular complexity index is 901. The Morgan fingerprint density at radius 2 is 2.00 bits per heavy atom. The third-order valence-electron chi connectivity index (χ3n) is 5.71. The van der Waals surface area contributed by atoms with Gasteiger partial charge in [-0.1, -0.05) is 31.6 Å². The number of unbranched alkanes of at least 4 members (excludes halogenated alkanes) is 1. The highest BCUT2D eigenvalue weighted by molar-refractivity contribution is 5.78. The summed E-state index contributed by atoms with van der Waals surface area (Å²) in [5.74, 6) is 1.67. The van der Waals surface area contributed by atoms with Gasteiger partial charge in [0.25, 0.3) is 0 Å². The molecule has 0 aliphatic carbocycles. The van der Waals surface area contributed by atoms with E-state index in [1.165, 1.54) is 5.70 Å². The number of imidazole rings is 1. The van der Waals surface area contributed by atoms with Crippen LogP contribution >= 0.6 is 0 Å². The molecule has 2 heterocycles. The lowest BCUT2D eigenvalue weighted by atomic mass is 9.92. The van der Waals surface area contributed by atoms with Crippen molar-refractivity contribution in [3.05, 3.63) is 47.9 Å². The topological polar surface area (TPSA) is 50.2 Å². The third kappa shape index (κ3) is 5.74. The van der Waals surface area contributed by atoms with E-state index < -0.39 is 0 Å². The largest absolute Gasteiger partial charge is 0.372 e. The lowest BCUT2D eigenvalue weighted by molar-refractivity contribution is -0.122. The number of fused-ring (bicyclic) bond motifs is 1. The number of aromatic nitrogens is 2. The number of para-hydroxylation sites is 2. The number of piperidine rings is 1. The number of rotatable bonds is 8. The summed E-state index contributed by atoms with van der Waals surface area (Å²) in [6.07, 6.45) is 11.7. The summed E-state index contributed by atoms with van der Waals surface area (Å²) in [7, 11) is 0. The van der Waals surface area contributed by atoms with Crippen molar-refractivity contribution in [3.8, 4) is 0 Å². The number of hydrogen-bond donors (Lipinski definition) is 1. The quantitative estimate of drug-likeness (QED) is 0.616. The van der Waals surface area contributed by atoms with Gasteiger partial charge in [-0.2, -0.15) is 0 Å². The monoisotopic (exact) mass is 408 g/mol. The molecule has 1 aliphatic rings. The number of benzene rings is 1. The highest BCUT2D eigenvalue weighted by Gasteiger charge is 2.22. The van der Waals surface area contributed by atoms with Crippen molar-refractivity contribution < 1.29 is 4.79 Å². The van der Waals surface area contributed by atoms with Gasteiger partial charge in [-0.15, -0.1) is 0 Å². The lowest BCUT2D eigenvalue weighted by Gasteiger charge is -2.34. The Hall–Kier alpha value is -2.56. The molecule has 1 aromatic carbocycles. The fourth-order valence-electron chi connectivity index (χ4n) is 4.14. The van der Waals surface area contributed by atoms with Gasteiger partial charge < -0.3 is 14.8 Å². The number of allylic oxidation sites excluding steroid dienone is 2. The van der Waals surface area contributed by atoms with Crippen molar-refractivity contribution in [2.75, 3.05) is 13.1 Å². The summed E-state index contributed by atoms with van der Waals surface area (Å²) < 4.78 is 2.16. The maximum absolute atomic E-state index is 12.1. The molecule has 0 atom stereocenters. The molecule has 0 saturated carbocycles. The summed E-state index contributed by atoms with van der Waals surface area (Å²) in [6.45, 7) is 10.3. The molecule has 2 aromatic rings. The van der Waals surface area contributed by atoms with Crippen molar-refractivity contribution in [3.63, 3.8) is 0 Å². The smallest absolute Gasteiger partial charge is 0.220 e. The van der Waals surface area contributed by atoms with Gasteiger partial charge in [0.05, 0.1) is 11.0 Å². The van der Waals surface area contributed by atoms with Crippen LogP contribution in [0, 0.1) is 12.8 Å². The molecule has 1 aliphatic heterocycles. The minimum Gasteiger partial charge on any atom is -0.372 e. The minimum atomic E-state index is 0.188.